The van der Waals surface area contributed by atoms with Crippen LogP contribution in [0, 0.1) is 11.8 Å². The average Bonchev–Trinajstić information content (AvgIpc) is 3.55. The van der Waals surface area contributed by atoms with Crippen LogP contribution in [-0.2, 0) is 6.54 Å². The summed E-state index contributed by atoms with van der Waals surface area (Å²) in [6.45, 7) is 9.19. The number of aromatic nitrogens is 5. The minimum Gasteiger partial charge on any atom is -0.467 e. The summed E-state index contributed by atoms with van der Waals surface area (Å²) < 4.78 is 13.3. The van der Waals surface area contributed by atoms with E-state index in [1.54, 1.807) is 29.4 Å². The Morgan fingerprint density at radius 3 is 2.75 bits per heavy atom. The van der Waals surface area contributed by atoms with Crippen LogP contribution in [0.3, 0.4) is 0 Å². The van der Waals surface area contributed by atoms with Crippen molar-refractivity contribution in [3.63, 3.8) is 0 Å². The molecule has 168 valence electrons. The predicted octanol–water partition coefficient (Wildman–Crippen LogP) is 5.37. The van der Waals surface area contributed by atoms with Gasteiger partial charge in [-0.05, 0) is 48.8 Å². The normalized spacial score (nSPS) is 20.0. The van der Waals surface area contributed by atoms with E-state index in [-0.39, 0.29) is 5.25 Å². The van der Waals surface area contributed by atoms with E-state index in [0.717, 1.165) is 34.8 Å². The van der Waals surface area contributed by atoms with E-state index in [1.165, 1.54) is 6.42 Å². The summed E-state index contributed by atoms with van der Waals surface area (Å²) in [4.78, 5) is 7.94. The first-order chi connectivity index (χ1) is 15.6. The van der Waals surface area contributed by atoms with Gasteiger partial charge < -0.3 is 13.8 Å². The van der Waals surface area contributed by atoms with Crippen molar-refractivity contribution in [2.75, 3.05) is 18.0 Å². The third kappa shape index (κ3) is 4.47. The second-order valence-electron chi connectivity index (χ2n) is 8.49. The van der Waals surface area contributed by atoms with Crippen LogP contribution in [0.2, 0.25) is 0 Å². The van der Waals surface area contributed by atoms with Gasteiger partial charge >= 0.3 is 0 Å². The van der Waals surface area contributed by atoms with Crippen molar-refractivity contribution in [1.82, 2.24) is 24.9 Å². The molecule has 1 aliphatic heterocycles. The molecule has 0 N–H and O–H groups in total. The molecular formula is C22H26N6O2S2. The van der Waals surface area contributed by atoms with Gasteiger partial charge in [-0.3, -0.25) is 4.57 Å². The molecule has 3 atom stereocenters. The Balaban J connectivity index is 1.41. The van der Waals surface area contributed by atoms with E-state index < -0.39 is 0 Å². The Morgan fingerprint density at radius 1 is 1.19 bits per heavy atom. The molecule has 0 bridgehead atoms. The zero-order chi connectivity index (χ0) is 22.1. The predicted molar refractivity (Wildman–Crippen MR) is 125 cm³/mol. The Labute approximate surface area is 195 Å². The van der Waals surface area contributed by atoms with Crippen molar-refractivity contribution in [3.8, 4) is 10.7 Å². The van der Waals surface area contributed by atoms with E-state index in [4.69, 9.17) is 8.94 Å². The molecule has 10 heteroatoms. The van der Waals surface area contributed by atoms with Crippen LogP contribution in [0.25, 0.3) is 10.7 Å². The smallest absolute Gasteiger partial charge is 0.240 e. The largest absolute Gasteiger partial charge is 0.467 e. The van der Waals surface area contributed by atoms with Crippen LogP contribution in [0.5, 0.6) is 0 Å². The van der Waals surface area contributed by atoms with Crippen LogP contribution in [0.1, 0.15) is 44.1 Å². The van der Waals surface area contributed by atoms with E-state index in [1.807, 2.05) is 36.6 Å². The van der Waals surface area contributed by atoms with Gasteiger partial charge in [0.1, 0.15) is 5.76 Å². The number of piperidine rings is 1. The summed E-state index contributed by atoms with van der Waals surface area (Å²) in [5.41, 5.74) is 0. The molecule has 1 fully saturated rings. The average molecular weight is 471 g/mol. The van der Waals surface area contributed by atoms with Gasteiger partial charge in [-0.15, -0.1) is 21.5 Å². The molecule has 1 aliphatic rings. The summed E-state index contributed by atoms with van der Waals surface area (Å²) in [6.07, 6.45) is 2.94. The number of anilines is 1. The number of rotatable bonds is 7. The lowest BCUT2D eigenvalue weighted by Gasteiger charge is -2.35. The van der Waals surface area contributed by atoms with Gasteiger partial charge in [0.05, 0.1) is 22.9 Å². The molecule has 5 heterocycles. The molecule has 5 rings (SSSR count). The molecule has 0 amide bonds. The summed E-state index contributed by atoms with van der Waals surface area (Å²) in [7, 11) is 0. The van der Waals surface area contributed by atoms with Crippen molar-refractivity contribution in [2.45, 2.75) is 44.1 Å². The highest BCUT2D eigenvalue weighted by Gasteiger charge is 2.28. The highest BCUT2D eigenvalue weighted by Crippen LogP contribution is 2.36. The molecule has 3 unspecified atom stereocenters. The second-order valence-corrected chi connectivity index (χ2v) is 10.7. The van der Waals surface area contributed by atoms with Gasteiger partial charge in [0.2, 0.25) is 17.7 Å². The first kappa shape index (κ1) is 21.3. The monoisotopic (exact) mass is 470 g/mol. The Morgan fingerprint density at radius 2 is 2.03 bits per heavy atom. The highest BCUT2D eigenvalue weighted by atomic mass is 32.2. The number of hydrogen-bond acceptors (Lipinski definition) is 9. The lowest BCUT2D eigenvalue weighted by atomic mass is 9.92. The molecule has 0 saturated carbocycles. The van der Waals surface area contributed by atoms with Crippen LogP contribution in [-0.4, -0.2) is 38.0 Å². The Bertz CT molecular complexity index is 1130. The van der Waals surface area contributed by atoms with Crippen LogP contribution >= 0.6 is 23.1 Å². The minimum absolute atomic E-state index is 0.0668. The number of hydrogen-bond donors (Lipinski definition) is 0. The van der Waals surface area contributed by atoms with Gasteiger partial charge in [0, 0.05) is 13.1 Å². The molecular weight excluding hydrogens is 444 g/mol. The van der Waals surface area contributed by atoms with Crippen LogP contribution in [0.4, 0.5) is 5.95 Å². The van der Waals surface area contributed by atoms with E-state index in [0.29, 0.717) is 30.1 Å². The van der Waals surface area contributed by atoms with Crippen molar-refractivity contribution in [2.24, 2.45) is 11.8 Å². The zero-order valence-electron chi connectivity index (χ0n) is 18.3. The lowest BCUT2D eigenvalue weighted by molar-refractivity contribution is 0.350. The van der Waals surface area contributed by atoms with Gasteiger partial charge in [0.15, 0.2) is 5.16 Å². The standard InChI is InChI=1S/C22H26N6O2S2/c1-14-10-15(2)12-27(11-14)21-24-25-22(28(21)13-17-6-4-8-29-17)32-16(3)20-23-19(26-30-20)18-7-5-9-31-18/h4-9,14-16H,10-13H2,1-3H3. The van der Waals surface area contributed by atoms with Gasteiger partial charge in [-0.2, -0.15) is 4.98 Å². The molecule has 0 radical (unpaired) electrons. The lowest BCUT2D eigenvalue weighted by Crippen LogP contribution is -2.40. The fourth-order valence-corrected chi connectivity index (χ4v) is 5.76. The summed E-state index contributed by atoms with van der Waals surface area (Å²) in [5.74, 6) is 4.20. The fraction of sp³-hybridized carbons (Fsp3) is 0.455. The Kier molecular flexibility index (Phi) is 6.05. The molecule has 0 aliphatic carbocycles. The third-order valence-electron chi connectivity index (χ3n) is 5.56. The van der Waals surface area contributed by atoms with Gasteiger partial charge in [0.25, 0.3) is 0 Å². The summed E-state index contributed by atoms with van der Waals surface area (Å²) in [6, 6.07) is 7.86. The molecule has 8 nitrogen and oxygen atoms in total. The van der Waals surface area contributed by atoms with Crippen LogP contribution < -0.4 is 4.90 Å². The number of thioether (sulfide) groups is 1. The van der Waals surface area contributed by atoms with E-state index in [9.17, 15) is 0 Å². The van der Waals surface area contributed by atoms with E-state index >= 15 is 0 Å². The number of nitrogens with zero attached hydrogens (tertiary/aromatic N) is 6. The molecule has 0 spiro atoms. The van der Waals surface area contributed by atoms with Crippen molar-refractivity contribution >= 4 is 29.0 Å². The molecule has 0 aromatic carbocycles. The SMILES string of the molecule is CC1CC(C)CN(c2nnc(SC(C)c3nc(-c4cccs4)no3)n2Cc2ccco2)C1. The maximum Gasteiger partial charge on any atom is 0.240 e. The van der Waals surface area contributed by atoms with Gasteiger partial charge in [-0.25, -0.2) is 0 Å². The summed E-state index contributed by atoms with van der Waals surface area (Å²) in [5, 5.41) is 16.0. The maximum absolute atomic E-state index is 5.64. The maximum atomic E-state index is 5.64. The molecule has 1 saturated heterocycles. The van der Waals surface area contributed by atoms with Crippen LogP contribution in [0.15, 0.2) is 50.0 Å². The first-order valence-corrected chi connectivity index (χ1v) is 12.6. The second kappa shape index (κ2) is 9.11. The van der Waals surface area contributed by atoms with Crippen molar-refractivity contribution in [3.05, 3.63) is 47.6 Å². The zero-order valence-corrected chi connectivity index (χ0v) is 20.0. The van der Waals surface area contributed by atoms with Gasteiger partial charge in [-0.1, -0.05) is 36.8 Å². The topological polar surface area (TPSA) is 86.0 Å². The fourth-order valence-electron chi connectivity index (χ4n) is 4.24. The first-order valence-electron chi connectivity index (χ1n) is 10.8. The number of furan rings is 1. The third-order valence-corrected chi connectivity index (χ3v) is 7.49. The minimum atomic E-state index is -0.0668. The molecule has 4 aromatic rings. The highest BCUT2D eigenvalue weighted by molar-refractivity contribution is 7.99. The number of thiophene rings is 1. The summed E-state index contributed by atoms with van der Waals surface area (Å²) >= 11 is 3.17. The van der Waals surface area contributed by atoms with E-state index in [2.05, 4.69) is 43.7 Å². The molecule has 4 aromatic heterocycles. The van der Waals surface area contributed by atoms with Crippen molar-refractivity contribution in [1.29, 1.82) is 0 Å². The Hall–Kier alpha value is -2.59. The molecule has 32 heavy (non-hydrogen) atoms. The quantitative estimate of drug-likeness (QED) is 0.333. The van der Waals surface area contributed by atoms with Crippen molar-refractivity contribution < 1.29 is 8.94 Å².